The molecular formula is C6H5NO3S. The molecule has 0 aromatic heterocycles. The van der Waals surface area contributed by atoms with Crippen LogP contribution in [-0.4, -0.2) is 21.8 Å². The van der Waals surface area contributed by atoms with Crippen LogP contribution in [0.15, 0.2) is 12.3 Å². The third kappa shape index (κ3) is 1.43. The molecule has 1 atom stereocenters. The first-order valence-corrected chi connectivity index (χ1v) is 3.27. The summed E-state index contributed by atoms with van der Waals surface area (Å²) in [6.45, 7) is 0. The van der Waals surface area contributed by atoms with Crippen LogP contribution in [0.4, 0.5) is 0 Å². The molecule has 0 aromatic carbocycles. The lowest BCUT2D eigenvalue weighted by molar-refractivity contribution is -0.143. The van der Waals surface area contributed by atoms with Gasteiger partial charge in [-0.05, 0) is 6.08 Å². The highest BCUT2D eigenvalue weighted by molar-refractivity contribution is 7.81. The number of carbonyl (C=O) groups excluding carboxylic acids is 1. The zero-order valence-corrected chi connectivity index (χ0v) is 6.22. The van der Waals surface area contributed by atoms with Gasteiger partial charge in [0.05, 0.1) is 0 Å². The number of carboxylic acid groups (broad SMARTS) is 1. The van der Waals surface area contributed by atoms with Gasteiger partial charge in [-0.2, -0.15) is 0 Å². The highest BCUT2D eigenvalue weighted by Crippen LogP contribution is 2.06. The predicted molar refractivity (Wildman–Crippen MR) is 41.0 cm³/mol. The van der Waals surface area contributed by atoms with Gasteiger partial charge in [0.1, 0.15) is 0 Å². The van der Waals surface area contributed by atoms with Gasteiger partial charge < -0.3 is 10.4 Å². The molecule has 1 aliphatic rings. The van der Waals surface area contributed by atoms with E-state index in [9.17, 15) is 9.59 Å². The molecule has 1 heterocycles. The van der Waals surface area contributed by atoms with E-state index in [2.05, 4.69) is 17.5 Å². The first-order chi connectivity index (χ1) is 5.13. The number of thiocarbonyl (C=S) groups is 1. The predicted octanol–water partition coefficient (Wildman–Crippen LogP) is -0.299. The van der Waals surface area contributed by atoms with Gasteiger partial charge in [0.2, 0.25) is 5.91 Å². The lowest BCUT2D eigenvalue weighted by Crippen LogP contribution is -2.39. The van der Waals surface area contributed by atoms with Gasteiger partial charge in [0.25, 0.3) is 0 Å². The number of nitrogens with one attached hydrogen (secondary N) is 1. The molecule has 58 valence electrons. The molecule has 0 radical (unpaired) electrons. The Kier molecular flexibility index (Phi) is 2.00. The first kappa shape index (κ1) is 7.87. The highest BCUT2D eigenvalue weighted by atomic mass is 32.1. The molecular weight excluding hydrogens is 166 g/mol. The van der Waals surface area contributed by atoms with E-state index in [1.165, 1.54) is 12.3 Å². The lowest BCUT2D eigenvalue weighted by atomic mass is 10.0. The second-order valence-corrected chi connectivity index (χ2v) is 2.49. The maximum absolute atomic E-state index is 10.8. The maximum atomic E-state index is 10.8. The van der Waals surface area contributed by atoms with Gasteiger partial charge in [-0.15, -0.1) is 0 Å². The smallest absolute Gasteiger partial charge is 0.321 e. The molecule has 1 amide bonds. The first-order valence-electron chi connectivity index (χ1n) is 2.86. The Labute approximate surface area is 67.9 Å². The van der Waals surface area contributed by atoms with Gasteiger partial charge in [-0.3, -0.25) is 9.59 Å². The van der Waals surface area contributed by atoms with Crippen molar-refractivity contribution >= 4 is 29.0 Å². The molecule has 0 saturated heterocycles. The summed E-state index contributed by atoms with van der Waals surface area (Å²) in [5, 5.41) is 10.8. The Morgan fingerprint density at radius 3 is 2.73 bits per heavy atom. The Hall–Kier alpha value is -1.23. The quantitative estimate of drug-likeness (QED) is 0.420. The van der Waals surface area contributed by atoms with E-state index in [-0.39, 0.29) is 4.86 Å². The molecule has 11 heavy (non-hydrogen) atoms. The fourth-order valence-corrected chi connectivity index (χ4v) is 1.02. The zero-order chi connectivity index (χ0) is 8.43. The third-order valence-electron chi connectivity index (χ3n) is 1.27. The molecule has 1 aliphatic heterocycles. The van der Waals surface area contributed by atoms with Crippen LogP contribution in [0.5, 0.6) is 0 Å². The van der Waals surface area contributed by atoms with Crippen molar-refractivity contribution in [3.63, 3.8) is 0 Å². The fourth-order valence-electron chi connectivity index (χ4n) is 0.749. The number of hydrogen-bond acceptors (Lipinski definition) is 3. The van der Waals surface area contributed by atoms with Gasteiger partial charge in [0.15, 0.2) is 5.92 Å². The summed E-state index contributed by atoms with van der Waals surface area (Å²) >= 11 is 4.65. The third-order valence-corrected chi connectivity index (χ3v) is 1.64. The Morgan fingerprint density at radius 2 is 2.36 bits per heavy atom. The minimum absolute atomic E-state index is 0.140. The number of carboxylic acids is 1. The Morgan fingerprint density at radius 1 is 1.73 bits per heavy atom. The van der Waals surface area contributed by atoms with Crippen molar-refractivity contribution in [2.45, 2.75) is 0 Å². The van der Waals surface area contributed by atoms with Crippen LogP contribution >= 0.6 is 12.2 Å². The van der Waals surface area contributed by atoms with E-state index in [1.807, 2.05) is 0 Å². The minimum Gasteiger partial charge on any atom is -0.480 e. The second kappa shape index (κ2) is 2.79. The number of allylic oxidation sites excluding steroid dienone is 1. The molecule has 0 saturated carbocycles. The number of hydrogen-bond donors (Lipinski definition) is 2. The van der Waals surface area contributed by atoms with Crippen LogP contribution in [0.1, 0.15) is 0 Å². The highest BCUT2D eigenvalue weighted by Gasteiger charge is 2.30. The molecule has 0 aromatic rings. The van der Waals surface area contributed by atoms with Crippen LogP contribution in [0.2, 0.25) is 0 Å². The van der Waals surface area contributed by atoms with Crippen molar-refractivity contribution in [1.29, 1.82) is 0 Å². The van der Waals surface area contributed by atoms with Crippen molar-refractivity contribution in [2.75, 3.05) is 0 Å². The minimum atomic E-state index is -1.21. The van der Waals surface area contributed by atoms with Crippen molar-refractivity contribution in [2.24, 2.45) is 5.92 Å². The molecule has 0 bridgehead atoms. The number of carbonyl (C=O) groups is 2. The van der Waals surface area contributed by atoms with Crippen molar-refractivity contribution in [3.8, 4) is 0 Å². The van der Waals surface area contributed by atoms with E-state index < -0.39 is 17.8 Å². The standard InChI is InChI=1S/C6H5NO3S/c8-5-4(6(9)10)3(11)1-2-7-5/h1-2,4H,(H,7,8)(H,9,10). The van der Waals surface area contributed by atoms with Gasteiger partial charge in [-0.25, -0.2) is 0 Å². The Bertz CT molecular complexity index is 259. The summed E-state index contributed by atoms with van der Waals surface area (Å²) < 4.78 is 0. The maximum Gasteiger partial charge on any atom is 0.321 e. The molecule has 0 spiro atoms. The number of amides is 1. The summed E-state index contributed by atoms with van der Waals surface area (Å²) in [4.78, 5) is 21.3. The van der Waals surface area contributed by atoms with Crippen molar-refractivity contribution in [3.05, 3.63) is 12.3 Å². The van der Waals surface area contributed by atoms with E-state index in [0.717, 1.165) is 0 Å². The van der Waals surface area contributed by atoms with Crippen molar-refractivity contribution < 1.29 is 14.7 Å². The van der Waals surface area contributed by atoms with Gasteiger partial charge >= 0.3 is 5.97 Å². The second-order valence-electron chi connectivity index (χ2n) is 2.02. The average molecular weight is 171 g/mol. The van der Waals surface area contributed by atoms with E-state index in [0.29, 0.717) is 0 Å². The van der Waals surface area contributed by atoms with Crippen LogP contribution in [0, 0.1) is 5.92 Å². The molecule has 0 aliphatic carbocycles. The van der Waals surface area contributed by atoms with E-state index in [1.54, 1.807) is 0 Å². The van der Waals surface area contributed by atoms with Gasteiger partial charge in [-0.1, -0.05) is 12.2 Å². The molecule has 1 rings (SSSR count). The fraction of sp³-hybridized carbons (Fsp3) is 0.167. The summed E-state index contributed by atoms with van der Waals surface area (Å²) in [5.74, 6) is -2.99. The zero-order valence-electron chi connectivity index (χ0n) is 5.40. The van der Waals surface area contributed by atoms with Crippen LogP contribution in [0.25, 0.3) is 0 Å². The monoisotopic (exact) mass is 171 g/mol. The number of aliphatic carboxylic acids is 1. The molecule has 4 nitrogen and oxygen atoms in total. The van der Waals surface area contributed by atoms with Gasteiger partial charge in [0, 0.05) is 11.1 Å². The van der Waals surface area contributed by atoms with E-state index >= 15 is 0 Å². The summed E-state index contributed by atoms with van der Waals surface area (Å²) in [6, 6.07) is 0. The summed E-state index contributed by atoms with van der Waals surface area (Å²) in [5.41, 5.74) is 0. The topological polar surface area (TPSA) is 66.4 Å². The summed E-state index contributed by atoms with van der Waals surface area (Å²) in [7, 11) is 0. The SMILES string of the molecule is O=C(O)C1C(=O)NC=CC1=S. The lowest BCUT2D eigenvalue weighted by Gasteiger charge is -2.13. The molecule has 5 heteroatoms. The normalized spacial score (nSPS) is 23.1. The number of rotatable bonds is 1. The van der Waals surface area contributed by atoms with Crippen molar-refractivity contribution in [1.82, 2.24) is 5.32 Å². The van der Waals surface area contributed by atoms with E-state index in [4.69, 9.17) is 5.11 Å². The molecule has 0 fully saturated rings. The molecule has 1 unspecified atom stereocenters. The van der Waals surface area contributed by atoms with Crippen LogP contribution in [0.3, 0.4) is 0 Å². The molecule has 2 N–H and O–H groups in total. The Balaban J connectivity index is 2.92. The average Bonchev–Trinajstić information content (AvgIpc) is 1.85. The van der Waals surface area contributed by atoms with Crippen LogP contribution < -0.4 is 5.32 Å². The largest absolute Gasteiger partial charge is 0.480 e. The van der Waals surface area contributed by atoms with Crippen LogP contribution in [-0.2, 0) is 9.59 Å². The summed E-state index contributed by atoms with van der Waals surface area (Å²) in [6.07, 6.45) is 2.74.